The van der Waals surface area contributed by atoms with Crippen LogP contribution in [-0.2, 0) is 29.6 Å². The summed E-state index contributed by atoms with van der Waals surface area (Å²) < 4.78 is 59.0. The summed E-state index contributed by atoms with van der Waals surface area (Å²) in [6, 6.07) is 4.56. The molecule has 0 aromatic heterocycles. The Morgan fingerprint density at radius 2 is 1.55 bits per heavy atom. The lowest BCUT2D eigenvalue weighted by atomic mass is 10.0. The predicted octanol–water partition coefficient (Wildman–Crippen LogP) is 1.76. The first-order valence-corrected chi connectivity index (χ1v) is 12.7. The maximum absolute atomic E-state index is 12.8. The number of hydrogen-bond acceptors (Lipinski definition) is 6. The van der Waals surface area contributed by atoms with Crippen LogP contribution in [0.3, 0.4) is 0 Å². The Labute approximate surface area is 174 Å². The summed E-state index contributed by atoms with van der Waals surface area (Å²) in [4.78, 5) is 12.4. The first kappa shape index (κ1) is 25.5. The van der Waals surface area contributed by atoms with E-state index in [0.717, 1.165) is 16.1 Å². The number of nitrogens with one attached hydrogen (secondary N) is 1. The van der Waals surface area contributed by atoms with Gasteiger partial charge in [0.05, 0.1) is 18.3 Å². The van der Waals surface area contributed by atoms with Crippen LogP contribution in [-0.4, -0.2) is 59.1 Å². The zero-order valence-electron chi connectivity index (χ0n) is 18.0. The fraction of sp³-hybridized carbons (Fsp3) is 0.632. The first-order valence-electron chi connectivity index (χ1n) is 9.34. The summed E-state index contributed by atoms with van der Waals surface area (Å²) in [7, 11) is -6.50. The minimum absolute atomic E-state index is 0.0908. The zero-order valence-corrected chi connectivity index (χ0v) is 19.7. The highest BCUT2D eigenvalue weighted by Gasteiger charge is 2.38. The standard InChI is InChI=1S/C19H32N2O6S2/c1-13(2)17(20-29(25,26)16-10-8-15(5)9-11-16)12-21(28(7,23)24)18(14(3)4)19(22)27-6/h8-11,13-14,17-18,20H,12H2,1-7H3/t17-,18+/m1/s1. The molecule has 0 saturated carbocycles. The molecule has 0 fully saturated rings. The number of hydrogen-bond donors (Lipinski definition) is 1. The number of benzene rings is 1. The van der Waals surface area contributed by atoms with Crippen molar-refractivity contribution in [1.29, 1.82) is 0 Å². The maximum atomic E-state index is 12.8. The van der Waals surface area contributed by atoms with E-state index in [1.807, 2.05) is 6.92 Å². The van der Waals surface area contributed by atoms with Crippen molar-refractivity contribution in [3.8, 4) is 0 Å². The quantitative estimate of drug-likeness (QED) is 0.546. The molecule has 166 valence electrons. The van der Waals surface area contributed by atoms with Crippen LogP contribution in [0.1, 0.15) is 33.3 Å². The van der Waals surface area contributed by atoms with Gasteiger partial charge in [-0.25, -0.2) is 21.6 Å². The van der Waals surface area contributed by atoms with Crippen molar-refractivity contribution in [2.24, 2.45) is 11.8 Å². The van der Waals surface area contributed by atoms with Crippen molar-refractivity contribution in [3.63, 3.8) is 0 Å². The lowest BCUT2D eigenvalue weighted by Crippen LogP contribution is -2.55. The third kappa shape index (κ3) is 7.06. The lowest BCUT2D eigenvalue weighted by molar-refractivity contribution is -0.146. The smallest absolute Gasteiger partial charge is 0.324 e. The normalized spacial score (nSPS) is 15.0. The van der Waals surface area contributed by atoms with E-state index in [0.29, 0.717) is 0 Å². The highest BCUT2D eigenvalue weighted by Crippen LogP contribution is 2.20. The molecule has 0 bridgehead atoms. The minimum atomic E-state index is -3.87. The number of carbonyl (C=O) groups is 1. The Kier molecular flexibility index (Phi) is 8.82. The van der Waals surface area contributed by atoms with Crippen molar-refractivity contribution < 1.29 is 26.4 Å². The van der Waals surface area contributed by atoms with Crippen LogP contribution in [0.15, 0.2) is 29.2 Å². The van der Waals surface area contributed by atoms with Crippen molar-refractivity contribution in [2.75, 3.05) is 19.9 Å². The van der Waals surface area contributed by atoms with Gasteiger partial charge in [-0.05, 0) is 30.9 Å². The van der Waals surface area contributed by atoms with E-state index in [2.05, 4.69) is 4.72 Å². The number of ether oxygens (including phenoxy) is 1. The van der Waals surface area contributed by atoms with Gasteiger partial charge in [-0.1, -0.05) is 45.4 Å². The second-order valence-electron chi connectivity index (χ2n) is 7.83. The molecule has 2 atom stereocenters. The summed E-state index contributed by atoms with van der Waals surface area (Å²) >= 11 is 0. The third-order valence-corrected chi connectivity index (χ3v) is 7.36. The van der Waals surface area contributed by atoms with Gasteiger partial charge >= 0.3 is 5.97 Å². The molecule has 0 amide bonds. The van der Waals surface area contributed by atoms with Gasteiger partial charge in [-0.2, -0.15) is 4.31 Å². The van der Waals surface area contributed by atoms with Crippen LogP contribution in [0.5, 0.6) is 0 Å². The zero-order chi connectivity index (χ0) is 22.6. The second kappa shape index (κ2) is 10.0. The van der Waals surface area contributed by atoms with E-state index in [9.17, 15) is 21.6 Å². The topological polar surface area (TPSA) is 110 Å². The molecule has 0 aliphatic heterocycles. The molecule has 0 aliphatic carbocycles. The average Bonchev–Trinajstić information content (AvgIpc) is 2.58. The van der Waals surface area contributed by atoms with Gasteiger partial charge in [-0.3, -0.25) is 4.79 Å². The molecule has 10 heteroatoms. The van der Waals surface area contributed by atoms with Crippen LogP contribution in [0.25, 0.3) is 0 Å². The van der Waals surface area contributed by atoms with Crippen molar-refractivity contribution in [1.82, 2.24) is 9.03 Å². The van der Waals surface area contributed by atoms with Crippen LogP contribution in [0.2, 0.25) is 0 Å². The molecular formula is C19H32N2O6S2. The summed E-state index contributed by atoms with van der Waals surface area (Å²) in [6.45, 7) is 8.64. The molecule has 29 heavy (non-hydrogen) atoms. The molecule has 8 nitrogen and oxygen atoms in total. The Morgan fingerprint density at radius 3 is 1.93 bits per heavy atom. The van der Waals surface area contributed by atoms with E-state index in [1.54, 1.807) is 39.8 Å². The van der Waals surface area contributed by atoms with Gasteiger partial charge in [0.25, 0.3) is 0 Å². The van der Waals surface area contributed by atoms with Gasteiger partial charge in [0.15, 0.2) is 0 Å². The minimum Gasteiger partial charge on any atom is -0.468 e. The SMILES string of the molecule is COC(=O)[C@H](C(C)C)N(C[C@@H](NS(=O)(=O)c1ccc(C)cc1)C(C)C)S(C)(=O)=O. The Bertz CT molecular complexity index is 893. The summed E-state index contributed by atoms with van der Waals surface area (Å²) in [6.07, 6.45) is 0.997. The molecule has 0 spiro atoms. The number of methoxy groups -OCH3 is 1. The third-order valence-electron chi connectivity index (χ3n) is 4.63. The summed E-state index contributed by atoms with van der Waals surface area (Å²) in [5.74, 6) is -1.28. The molecule has 1 aromatic carbocycles. The largest absolute Gasteiger partial charge is 0.468 e. The number of nitrogens with zero attached hydrogens (tertiary/aromatic N) is 1. The Balaban J connectivity index is 3.28. The average molecular weight is 449 g/mol. The molecule has 0 heterocycles. The lowest BCUT2D eigenvalue weighted by Gasteiger charge is -2.34. The van der Waals surface area contributed by atoms with E-state index in [1.165, 1.54) is 19.2 Å². The molecule has 1 N–H and O–H groups in total. The van der Waals surface area contributed by atoms with Gasteiger partial charge in [0, 0.05) is 12.6 Å². The number of esters is 1. The number of sulfonamides is 2. The van der Waals surface area contributed by atoms with Gasteiger partial charge < -0.3 is 4.74 Å². The summed E-state index contributed by atoms with van der Waals surface area (Å²) in [5, 5.41) is 0. The fourth-order valence-corrected chi connectivity index (χ4v) is 5.41. The van der Waals surface area contributed by atoms with Gasteiger partial charge in [0.2, 0.25) is 20.0 Å². The van der Waals surface area contributed by atoms with Crippen LogP contribution in [0.4, 0.5) is 0 Å². The molecule has 1 rings (SSSR count). The number of aryl methyl sites for hydroxylation is 1. The molecule has 1 aromatic rings. The van der Waals surface area contributed by atoms with Crippen molar-refractivity contribution in [2.45, 2.75) is 51.6 Å². The van der Waals surface area contributed by atoms with Crippen LogP contribution < -0.4 is 4.72 Å². The highest BCUT2D eigenvalue weighted by molar-refractivity contribution is 7.89. The van der Waals surface area contributed by atoms with Crippen molar-refractivity contribution in [3.05, 3.63) is 29.8 Å². The number of rotatable bonds is 10. The Hall–Kier alpha value is -1.49. The second-order valence-corrected chi connectivity index (χ2v) is 11.5. The van der Waals surface area contributed by atoms with E-state index in [-0.39, 0.29) is 23.3 Å². The van der Waals surface area contributed by atoms with Crippen LogP contribution >= 0.6 is 0 Å². The molecule has 0 unspecified atom stereocenters. The first-order chi connectivity index (χ1) is 13.2. The molecule has 0 radical (unpaired) electrons. The monoisotopic (exact) mass is 448 g/mol. The van der Waals surface area contributed by atoms with Crippen molar-refractivity contribution >= 4 is 26.0 Å². The van der Waals surface area contributed by atoms with Gasteiger partial charge in [0.1, 0.15) is 6.04 Å². The number of carbonyl (C=O) groups excluding carboxylic acids is 1. The summed E-state index contributed by atoms with van der Waals surface area (Å²) in [5.41, 5.74) is 0.922. The maximum Gasteiger partial charge on any atom is 0.324 e. The molecule has 0 saturated heterocycles. The molecule has 0 aliphatic rings. The fourth-order valence-electron chi connectivity index (χ4n) is 2.86. The van der Waals surface area contributed by atoms with E-state index >= 15 is 0 Å². The van der Waals surface area contributed by atoms with Crippen LogP contribution in [0, 0.1) is 18.8 Å². The molecular weight excluding hydrogens is 416 g/mol. The predicted molar refractivity (Wildman–Crippen MR) is 112 cm³/mol. The Morgan fingerprint density at radius 1 is 1.03 bits per heavy atom. The van der Waals surface area contributed by atoms with Gasteiger partial charge in [-0.15, -0.1) is 0 Å². The van der Waals surface area contributed by atoms with E-state index < -0.39 is 38.1 Å². The highest BCUT2D eigenvalue weighted by atomic mass is 32.2. The van der Waals surface area contributed by atoms with E-state index in [4.69, 9.17) is 4.74 Å².